The number of nitrogens with zero attached hydrogens (tertiary/aromatic N) is 4. The Balaban J connectivity index is 1.75. The van der Waals surface area contributed by atoms with Crippen molar-refractivity contribution in [1.82, 2.24) is 19.1 Å². The number of anilines is 1. The Morgan fingerprint density at radius 1 is 0.900 bits per heavy atom. The Labute approximate surface area is 174 Å². The van der Waals surface area contributed by atoms with Crippen LogP contribution in [-0.2, 0) is 17.1 Å². The molecule has 0 aliphatic carbocycles. The maximum atomic E-state index is 13.1. The third-order valence-corrected chi connectivity index (χ3v) is 6.41. The number of rotatable bonds is 5. The minimum Gasteiger partial charge on any atom is -0.283 e. The molecule has 30 heavy (non-hydrogen) atoms. The van der Waals surface area contributed by atoms with Gasteiger partial charge in [0.2, 0.25) is 0 Å². The molecular weight excluding hydrogens is 402 g/mol. The summed E-state index contributed by atoms with van der Waals surface area (Å²) in [6.07, 6.45) is 1.45. The lowest BCUT2D eigenvalue weighted by molar-refractivity contribution is 0.600. The highest BCUT2D eigenvalue weighted by atomic mass is 32.2. The first-order valence-electron chi connectivity index (χ1n) is 9.28. The average molecular weight is 423 g/mol. The van der Waals surface area contributed by atoms with E-state index in [0.29, 0.717) is 17.1 Å². The minimum absolute atomic E-state index is 0.00761. The lowest BCUT2D eigenvalue weighted by Gasteiger charge is -2.07. The normalized spacial score (nSPS) is 11.6. The fourth-order valence-electron chi connectivity index (χ4n) is 3.30. The Morgan fingerprint density at radius 3 is 2.07 bits per heavy atom. The van der Waals surface area contributed by atoms with Crippen molar-refractivity contribution >= 4 is 15.7 Å². The van der Waals surface area contributed by atoms with E-state index in [1.807, 2.05) is 48.5 Å². The van der Waals surface area contributed by atoms with Crippen LogP contribution in [0.15, 0.2) is 76.6 Å². The van der Waals surface area contributed by atoms with Crippen molar-refractivity contribution in [3.05, 3.63) is 88.6 Å². The molecule has 0 radical (unpaired) electrons. The van der Waals surface area contributed by atoms with Gasteiger partial charge in [0.25, 0.3) is 15.6 Å². The topological polar surface area (TPSA) is 90.9 Å². The van der Waals surface area contributed by atoms with E-state index in [-0.39, 0.29) is 10.6 Å². The second-order valence-corrected chi connectivity index (χ2v) is 8.55. The van der Waals surface area contributed by atoms with Crippen LogP contribution in [0.1, 0.15) is 11.4 Å². The molecule has 0 saturated carbocycles. The molecule has 8 nitrogen and oxygen atoms in total. The monoisotopic (exact) mass is 423 g/mol. The molecule has 0 bridgehead atoms. The molecular formula is C21H21N5O3S. The van der Waals surface area contributed by atoms with Crippen LogP contribution in [-0.4, -0.2) is 27.6 Å². The van der Waals surface area contributed by atoms with Crippen molar-refractivity contribution in [3.8, 4) is 11.4 Å². The van der Waals surface area contributed by atoms with Crippen LogP contribution >= 0.6 is 0 Å². The van der Waals surface area contributed by atoms with E-state index in [2.05, 4.69) is 9.82 Å². The van der Waals surface area contributed by atoms with Gasteiger partial charge in [0.15, 0.2) is 0 Å². The van der Waals surface area contributed by atoms with Gasteiger partial charge in [0.05, 0.1) is 29.0 Å². The van der Waals surface area contributed by atoms with Gasteiger partial charge in [0, 0.05) is 7.05 Å². The molecule has 2 heterocycles. The summed E-state index contributed by atoms with van der Waals surface area (Å²) >= 11 is 0. The van der Waals surface area contributed by atoms with Crippen molar-refractivity contribution in [1.29, 1.82) is 0 Å². The Bertz CT molecular complexity index is 1370. The van der Waals surface area contributed by atoms with E-state index in [0.717, 1.165) is 5.69 Å². The van der Waals surface area contributed by atoms with Gasteiger partial charge in [-0.05, 0) is 38.1 Å². The summed E-state index contributed by atoms with van der Waals surface area (Å²) in [5.74, 6) is 0. The van der Waals surface area contributed by atoms with E-state index in [1.165, 1.54) is 15.6 Å². The predicted molar refractivity (Wildman–Crippen MR) is 115 cm³/mol. The van der Waals surface area contributed by atoms with Crippen molar-refractivity contribution in [2.75, 3.05) is 4.72 Å². The summed E-state index contributed by atoms with van der Waals surface area (Å²) in [7, 11) is -2.31. The number of sulfonamides is 1. The standard InChI is InChI=1S/C21H21N5O3S/c1-15-19(14-25(22-15)17-10-6-4-7-11-17)30(28,29)23-20-16(2)24(3)26(21(20)27)18-12-8-5-9-13-18/h4-14,23H,1-3H3. The predicted octanol–water partition coefficient (Wildman–Crippen LogP) is 2.78. The molecule has 4 rings (SSSR count). The average Bonchev–Trinajstić information content (AvgIpc) is 3.23. The summed E-state index contributed by atoms with van der Waals surface area (Å²) in [5, 5.41) is 4.31. The molecule has 2 aromatic heterocycles. The molecule has 0 aliphatic rings. The number of aromatic nitrogens is 4. The van der Waals surface area contributed by atoms with Gasteiger partial charge < -0.3 is 0 Å². The lowest BCUT2D eigenvalue weighted by atomic mass is 10.3. The number of benzene rings is 2. The summed E-state index contributed by atoms with van der Waals surface area (Å²) in [5.41, 5.74) is 1.78. The smallest absolute Gasteiger partial charge is 0.283 e. The summed E-state index contributed by atoms with van der Waals surface area (Å²) in [6, 6.07) is 18.3. The van der Waals surface area contributed by atoms with E-state index < -0.39 is 15.6 Å². The Morgan fingerprint density at radius 2 is 1.47 bits per heavy atom. The van der Waals surface area contributed by atoms with Crippen molar-refractivity contribution in [2.24, 2.45) is 7.05 Å². The first-order valence-corrected chi connectivity index (χ1v) is 10.8. The van der Waals surface area contributed by atoms with E-state index in [1.54, 1.807) is 37.7 Å². The van der Waals surface area contributed by atoms with Crippen LogP contribution in [0.4, 0.5) is 5.69 Å². The van der Waals surface area contributed by atoms with Crippen molar-refractivity contribution in [3.63, 3.8) is 0 Å². The van der Waals surface area contributed by atoms with Gasteiger partial charge >= 0.3 is 0 Å². The first-order chi connectivity index (χ1) is 14.3. The molecule has 2 aromatic carbocycles. The third kappa shape index (κ3) is 3.33. The zero-order valence-corrected chi connectivity index (χ0v) is 17.6. The Hall–Kier alpha value is -3.59. The third-order valence-electron chi connectivity index (χ3n) is 4.95. The number of nitrogens with one attached hydrogen (secondary N) is 1. The summed E-state index contributed by atoms with van der Waals surface area (Å²) < 4.78 is 33.2. The molecule has 0 amide bonds. The van der Waals surface area contributed by atoms with Gasteiger partial charge in [-0.2, -0.15) is 5.10 Å². The molecule has 9 heteroatoms. The molecule has 0 saturated heterocycles. The summed E-state index contributed by atoms with van der Waals surface area (Å²) in [4.78, 5) is 13.0. The molecule has 0 unspecified atom stereocenters. The molecule has 154 valence electrons. The minimum atomic E-state index is -4.02. The van der Waals surface area contributed by atoms with E-state index in [4.69, 9.17) is 0 Å². The SMILES string of the molecule is Cc1nn(-c2ccccc2)cc1S(=O)(=O)Nc1c(C)n(C)n(-c2ccccc2)c1=O. The highest BCUT2D eigenvalue weighted by Gasteiger charge is 2.25. The molecule has 1 N–H and O–H groups in total. The second kappa shape index (κ2) is 7.34. The Kier molecular flexibility index (Phi) is 4.83. The zero-order valence-electron chi connectivity index (χ0n) is 16.8. The van der Waals surface area contributed by atoms with Gasteiger partial charge in [-0.3, -0.25) is 14.2 Å². The van der Waals surface area contributed by atoms with Crippen LogP contribution in [0.3, 0.4) is 0 Å². The zero-order chi connectivity index (χ0) is 21.5. The maximum Gasteiger partial charge on any atom is 0.296 e. The molecule has 0 atom stereocenters. The van der Waals surface area contributed by atoms with Gasteiger partial charge in [-0.25, -0.2) is 17.8 Å². The van der Waals surface area contributed by atoms with Crippen LogP contribution in [0, 0.1) is 13.8 Å². The second-order valence-electron chi connectivity index (χ2n) is 6.90. The van der Waals surface area contributed by atoms with Crippen LogP contribution in [0.25, 0.3) is 11.4 Å². The lowest BCUT2D eigenvalue weighted by Crippen LogP contribution is -2.23. The van der Waals surface area contributed by atoms with Crippen LogP contribution in [0.5, 0.6) is 0 Å². The quantitative estimate of drug-likeness (QED) is 0.534. The van der Waals surface area contributed by atoms with Gasteiger partial charge in [-0.15, -0.1) is 0 Å². The molecule has 0 fully saturated rings. The number of para-hydroxylation sites is 2. The van der Waals surface area contributed by atoms with Crippen LogP contribution < -0.4 is 10.3 Å². The molecule has 0 spiro atoms. The number of hydrogen-bond acceptors (Lipinski definition) is 4. The largest absolute Gasteiger partial charge is 0.296 e. The maximum absolute atomic E-state index is 13.1. The number of hydrogen-bond donors (Lipinski definition) is 1. The molecule has 4 aromatic rings. The van der Waals surface area contributed by atoms with Gasteiger partial charge in [0.1, 0.15) is 10.6 Å². The van der Waals surface area contributed by atoms with Crippen molar-refractivity contribution in [2.45, 2.75) is 18.7 Å². The van der Waals surface area contributed by atoms with Gasteiger partial charge in [-0.1, -0.05) is 36.4 Å². The first kappa shape index (κ1) is 19.7. The summed E-state index contributed by atoms with van der Waals surface area (Å²) in [6.45, 7) is 3.31. The number of aryl methyl sites for hydroxylation is 1. The fraction of sp³-hybridized carbons (Fsp3) is 0.143. The van der Waals surface area contributed by atoms with Crippen LogP contribution in [0.2, 0.25) is 0 Å². The van der Waals surface area contributed by atoms with Crippen molar-refractivity contribution < 1.29 is 8.42 Å². The fourth-order valence-corrected chi connectivity index (χ4v) is 4.58. The highest BCUT2D eigenvalue weighted by molar-refractivity contribution is 7.92. The highest BCUT2D eigenvalue weighted by Crippen LogP contribution is 2.21. The van der Waals surface area contributed by atoms with E-state index in [9.17, 15) is 13.2 Å². The van der Waals surface area contributed by atoms with E-state index >= 15 is 0 Å². The molecule has 0 aliphatic heterocycles.